The Bertz CT molecular complexity index is 474. The summed E-state index contributed by atoms with van der Waals surface area (Å²) in [5, 5.41) is 0. The minimum atomic E-state index is -0.438. The van der Waals surface area contributed by atoms with Crippen LogP contribution in [0, 0.1) is 0 Å². The number of hydrogen-bond donors (Lipinski definition) is 0. The summed E-state index contributed by atoms with van der Waals surface area (Å²) in [5.74, 6) is -0.866. The molecule has 0 aromatic rings. The Labute approximate surface area is 165 Å². The number of esters is 2. The average Bonchev–Trinajstić information content (AvgIpc) is 3.36. The van der Waals surface area contributed by atoms with Crippen molar-refractivity contribution in [3.63, 3.8) is 0 Å². The summed E-state index contributed by atoms with van der Waals surface area (Å²) in [5.41, 5.74) is 0. The van der Waals surface area contributed by atoms with E-state index >= 15 is 0 Å². The Morgan fingerprint density at radius 2 is 1.29 bits per heavy atom. The molecule has 0 aliphatic carbocycles. The van der Waals surface area contributed by atoms with Crippen LogP contribution in [0.25, 0.3) is 0 Å². The Morgan fingerprint density at radius 3 is 1.86 bits per heavy atom. The van der Waals surface area contributed by atoms with E-state index in [1.165, 1.54) is 0 Å². The first-order valence-corrected chi connectivity index (χ1v) is 9.65. The van der Waals surface area contributed by atoms with Crippen LogP contribution in [0.2, 0.25) is 0 Å². The second-order valence-electron chi connectivity index (χ2n) is 6.77. The van der Waals surface area contributed by atoms with Crippen LogP contribution in [0.4, 0.5) is 0 Å². The molecule has 0 aromatic heterocycles. The van der Waals surface area contributed by atoms with Crippen LogP contribution in [0.5, 0.6) is 0 Å². The highest BCUT2D eigenvalue weighted by Crippen LogP contribution is 2.23. The van der Waals surface area contributed by atoms with E-state index in [0.29, 0.717) is 13.2 Å². The molecule has 0 N–H and O–H groups in total. The van der Waals surface area contributed by atoms with Gasteiger partial charge < -0.3 is 28.4 Å². The Hall–Kier alpha value is -1.74. The lowest BCUT2D eigenvalue weighted by atomic mass is 10.1. The molecular formula is C20H30O8. The highest BCUT2D eigenvalue weighted by molar-refractivity contribution is 5.81. The van der Waals surface area contributed by atoms with Gasteiger partial charge in [0.05, 0.1) is 37.6 Å². The monoisotopic (exact) mass is 398 g/mol. The summed E-state index contributed by atoms with van der Waals surface area (Å²) in [6.07, 6.45) is 6.52. The van der Waals surface area contributed by atoms with E-state index in [1.807, 2.05) is 0 Å². The molecule has 0 aromatic carbocycles. The zero-order chi connectivity index (χ0) is 20.2. The van der Waals surface area contributed by atoms with E-state index in [1.54, 1.807) is 0 Å². The highest BCUT2D eigenvalue weighted by atomic mass is 16.7. The van der Waals surface area contributed by atoms with Gasteiger partial charge in [-0.05, 0) is 32.1 Å². The van der Waals surface area contributed by atoms with Gasteiger partial charge >= 0.3 is 11.9 Å². The summed E-state index contributed by atoms with van der Waals surface area (Å²) in [7, 11) is 0. The maximum atomic E-state index is 11.0. The highest BCUT2D eigenvalue weighted by Gasteiger charge is 2.27. The topological polar surface area (TPSA) is 89.5 Å². The van der Waals surface area contributed by atoms with Gasteiger partial charge in [-0.25, -0.2) is 9.59 Å². The van der Waals surface area contributed by atoms with Crippen LogP contribution >= 0.6 is 0 Å². The van der Waals surface area contributed by atoms with Crippen LogP contribution in [0.1, 0.15) is 32.1 Å². The van der Waals surface area contributed by atoms with Crippen LogP contribution in [-0.4, -0.2) is 69.6 Å². The van der Waals surface area contributed by atoms with Gasteiger partial charge in [0.25, 0.3) is 0 Å². The lowest BCUT2D eigenvalue weighted by molar-refractivity contribution is -0.144. The number of carbonyl (C=O) groups is 2. The van der Waals surface area contributed by atoms with Crippen molar-refractivity contribution >= 4 is 11.9 Å². The fourth-order valence-corrected chi connectivity index (χ4v) is 3.12. The van der Waals surface area contributed by atoms with Crippen molar-refractivity contribution in [3.05, 3.63) is 25.3 Å². The molecule has 0 amide bonds. The molecular weight excluding hydrogens is 368 g/mol. The SMILES string of the molecule is C=CC(=O)OCC1CCC(CCOCOCC2CCC(COC(=O)C=C)O2)O1. The molecule has 2 heterocycles. The molecule has 0 spiro atoms. The fourth-order valence-electron chi connectivity index (χ4n) is 3.12. The van der Waals surface area contributed by atoms with Crippen molar-refractivity contribution in [2.24, 2.45) is 0 Å². The second kappa shape index (κ2) is 12.7. The van der Waals surface area contributed by atoms with Crippen molar-refractivity contribution < 1.29 is 38.0 Å². The van der Waals surface area contributed by atoms with Crippen LogP contribution in [-0.2, 0) is 38.0 Å². The van der Waals surface area contributed by atoms with Gasteiger partial charge in [0.1, 0.15) is 20.0 Å². The standard InChI is InChI=1S/C20H30O8/c1-3-19(21)25-12-17-6-5-15(27-17)9-10-23-14-24-11-16-7-8-18(28-16)13-26-20(22)4-2/h3-4,15-18H,1-2,5-14H2. The van der Waals surface area contributed by atoms with Crippen molar-refractivity contribution in [1.82, 2.24) is 0 Å². The number of ether oxygens (including phenoxy) is 6. The lowest BCUT2D eigenvalue weighted by Gasteiger charge is -2.15. The molecule has 2 rings (SSSR count). The molecule has 8 heteroatoms. The first-order valence-electron chi connectivity index (χ1n) is 9.65. The molecule has 4 atom stereocenters. The zero-order valence-electron chi connectivity index (χ0n) is 16.2. The van der Waals surface area contributed by atoms with Crippen molar-refractivity contribution in [2.75, 3.05) is 33.2 Å². The molecule has 2 aliphatic rings. The molecule has 2 saturated heterocycles. The molecule has 2 fully saturated rings. The van der Waals surface area contributed by atoms with Gasteiger partial charge in [0.2, 0.25) is 0 Å². The minimum absolute atomic E-state index is 0.00627. The second-order valence-corrected chi connectivity index (χ2v) is 6.77. The third kappa shape index (κ3) is 8.52. The largest absolute Gasteiger partial charge is 0.460 e. The summed E-state index contributed by atoms with van der Waals surface area (Å²) in [6, 6.07) is 0. The summed E-state index contributed by atoms with van der Waals surface area (Å²) >= 11 is 0. The first-order chi connectivity index (χ1) is 13.6. The Balaban J connectivity index is 1.43. The average molecular weight is 398 g/mol. The smallest absolute Gasteiger partial charge is 0.330 e. The van der Waals surface area contributed by atoms with Gasteiger partial charge in [-0.2, -0.15) is 0 Å². The molecule has 8 nitrogen and oxygen atoms in total. The van der Waals surface area contributed by atoms with E-state index in [0.717, 1.165) is 44.3 Å². The lowest BCUT2D eigenvalue weighted by Crippen LogP contribution is -2.22. The van der Waals surface area contributed by atoms with Crippen LogP contribution in [0.3, 0.4) is 0 Å². The normalized spacial score (nSPS) is 26.7. The van der Waals surface area contributed by atoms with Gasteiger partial charge in [-0.15, -0.1) is 0 Å². The molecule has 28 heavy (non-hydrogen) atoms. The first kappa shape index (κ1) is 22.5. The van der Waals surface area contributed by atoms with Crippen LogP contribution < -0.4 is 0 Å². The molecule has 0 bridgehead atoms. The van der Waals surface area contributed by atoms with Gasteiger partial charge in [0, 0.05) is 12.2 Å². The summed E-state index contributed by atoms with van der Waals surface area (Å²) in [6.45, 7) is 8.40. The quantitative estimate of drug-likeness (QED) is 0.201. The zero-order valence-corrected chi connectivity index (χ0v) is 16.2. The van der Waals surface area contributed by atoms with Gasteiger partial charge in [-0.1, -0.05) is 13.2 Å². The molecule has 0 saturated carbocycles. The number of carbonyl (C=O) groups excluding carboxylic acids is 2. The molecule has 2 aliphatic heterocycles. The van der Waals surface area contributed by atoms with Crippen molar-refractivity contribution in [2.45, 2.75) is 56.5 Å². The molecule has 4 unspecified atom stereocenters. The van der Waals surface area contributed by atoms with E-state index in [9.17, 15) is 9.59 Å². The van der Waals surface area contributed by atoms with E-state index in [4.69, 9.17) is 28.4 Å². The Kier molecular flexibility index (Phi) is 10.2. The minimum Gasteiger partial charge on any atom is -0.460 e. The molecule has 0 radical (unpaired) electrons. The molecule has 158 valence electrons. The van der Waals surface area contributed by atoms with Crippen LogP contribution in [0.15, 0.2) is 25.3 Å². The number of hydrogen-bond acceptors (Lipinski definition) is 8. The van der Waals surface area contributed by atoms with Gasteiger partial charge in [0.15, 0.2) is 0 Å². The summed E-state index contributed by atoms with van der Waals surface area (Å²) in [4.78, 5) is 22.1. The summed E-state index contributed by atoms with van der Waals surface area (Å²) < 4.78 is 32.5. The predicted molar refractivity (Wildman–Crippen MR) is 99.5 cm³/mol. The fraction of sp³-hybridized carbons (Fsp3) is 0.700. The maximum absolute atomic E-state index is 11.0. The van der Waals surface area contributed by atoms with E-state index in [2.05, 4.69) is 13.2 Å². The third-order valence-corrected chi connectivity index (χ3v) is 4.60. The predicted octanol–water partition coefficient (Wildman–Crippen LogP) is 1.92. The van der Waals surface area contributed by atoms with E-state index < -0.39 is 11.9 Å². The number of rotatable bonds is 13. The van der Waals surface area contributed by atoms with E-state index in [-0.39, 0.29) is 44.4 Å². The van der Waals surface area contributed by atoms with Crippen molar-refractivity contribution in [3.8, 4) is 0 Å². The maximum Gasteiger partial charge on any atom is 0.330 e. The van der Waals surface area contributed by atoms with Gasteiger partial charge in [-0.3, -0.25) is 0 Å². The Morgan fingerprint density at radius 1 is 0.786 bits per heavy atom. The van der Waals surface area contributed by atoms with Crippen molar-refractivity contribution in [1.29, 1.82) is 0 Å². The third-order valence-electron chi connectivity index (χ3n) is 4.60.